The zero-order chi connectivity index (χ0) is 17.9. The summed E-state index contributed by atoms with van der Waals surface area (Å²) in [6.45, 7) is 7.28. The smallest absolute Gasteiger partial charge is 0.216 e. The van der Waals surface area contributed by atoms with E-state index in [1.807, 2.05) is 11.3 Å². The predicted molar refractivity (Wildman–Crippen MR) is 102 cm³/mol. The minimum absolute atomic E-state index is 0.00679. The van der Waals surface area contributed by atoms with Crippen molar-refractivity contribution < 1.29 is 14.4 Å². The van der Waals surface area contributed by atoms with Gasteiger partial charge in [-0.05, 0) is 24.8 Å². The number of nitrogens with one attached hydrogen (secondary N) is 3. The Morgan fingerprint density at radius 1 is 1.23 bits per heavy atom. The first-order chi connectivity index (χ1) is 12.7. The molecule has 0 radical (unpaired) electrons. The van der Waals surface area contributed by atoms with Crippen LogP contribution in [0.4, 0.5) is 5.82 Å². The molecule has 4 rings (SSSR count). The molecule has 2 aliphatic rings. The summed E-state index contributed by atoms with van der Waals surface area (Å²) >= 11 is 1.83. The van der Waals surface area contributed by atoms with E-state index >= 15 is 0 Å². The lowest BCUT2D eigenvalue weighted by molar-refractivity contribution is -0.922. The number of morpholine rings is 1. The normalized spacial score (nSPS) is 17.4. The van der Waals surface area contributed by atoms with Crippen LogP contribution in [0.2, 0.25) is 0 Å². The Balaban J connectivity index is 1.58. The molecule has 0 spiro atoms. The van der Waals surface area contributed by atoms with Crippen molar-refractivity contribution in [3.63, 3.8) is 0 Å². The first-order valence-electron chi connectivity index (χ1n) is 9.41. The number of hydrogen-bond acceptors (Lipinski definition) is 6. The van der Waals surface area contributed by atoms with Crippen molar-refractivity contribution in [2.45, 2.75) is 32.7 Å². The minimum atomic E-state index is -0.00679. The number of aryl methyl sites for hydroxylation is 2. The molecular weight excluding hydrogens is 350 g/mol. The highest BCUT2D eigenvalue weighted by Gasteiger charge is 2.24. The summed E-state index contributed by atoms with van der Waals surface area (Å²) in [5.41, 5.74) is 1.43. The molecule has 0 bridgehead atoms. The molecule has 0 atom stereocenters. The number of thiophene rings is 1. The van der Waals surface area contributed by atoms with Crippen LogP contribution in [-0.2, 0) is 28.9 Å². The fourth-order valence-electron chi connectivity index (χ4n) is 3.73. The van der Waals surface area contributed by atoms with E-state index in [9.17, 15) is 4.79 Å². The molecule has 1 fully saturated rings. The third-order valence-corrected chi connectivity index (χ3v) is 6.20. The highest BCUT2D eigenvalue weighted by molar-refractivity contribution is 7.19. The van der Waals surface area contributed by atoms with Crippen molar-refractivity contribution in [3.05, 3.63) is 16.3 Å². The van der Waals surface area contributed by atoms with E-state index < -0.39 is 0 Å². The molecule has 7 nitrogen and oxygen atoms in total. The van der Waals surface area contributed by atoms with Gasteiger partial charge in [-0.25, -0.2) is 9.97 Å². The summed E-state index contributed by atoms with van der Waals surface area (Å²) in [6.07, 6.45) is 3.50. The third-order valence-electron chi connectivity index (χ3n) is 5.01. The number of carbonyl (C=O) groups excluding carboxylic acids is 1. The molecule has 1 aliphatic carbocycles. The molecule has 1 saturated heterocycles. The average Bonchev–Trinajstić information content (AvgIpc) is 3.20. The SMILES string of the molecule is CC(=O)NCCNc1nc(C[NH+]2CCOCC2)nc2sc3c(c12)CCC3. The average molecular weight is 377 g/mol. The molecule has 1 aliphatic heterocycles. The van der Waals surface area contributed by atoms with Gasteiger partial charge in [-0.15, -0.1) is 11.3 Å². The Labute approximate surface area is 157 Å². The first kappa shape index (κ1) is 17.6. The van der Waals surface area contributed by atoms with Crippen LogP contribution in [0, 0.1) is 0 Å². The largest absolute Gasteiger partial charge is 0.370 e. The lowest BCUT2D eigenvalue weighted by atomic mass is 10.2. The van der Waals surface area contributed by atoms with Crippen molar-refractivity contribution in [2.75, 3.05) is 44.7 Å². The Morgan fingerprint density at radius 2 is 2.08 bits per heavy atom. The van der Waals surface area contributed by atoms with E-state index in [4.69, 9.17) is 14.7 Å². The summed E-state index contributed by atoms with van der Waals surface area (Å²) in [4.78, 5) is 24.9. The lowest BCUT2D eigenvalue weighted by Crippen LogP contribution is -3.12. The van der Waals surface area contributed by atoms with Gasteiger partial charge in [0.1, 0.15) is 30.3 Å². The number of fused-ring (bicyclic) bond motifs is 3. The third kappa shape index (κ3) is 3.82. The highest BCUT2D eigenvalue weighted by Crippen LogP contribution is 2.39. The molecule has 26 heavy (non-hydrogen) atoms. The van der Waals surface area contributed by atoms with E-state index in [0.717, 1.165) is 62.2 Å². The molecular formula is C18H26N5O2S+. The van der Waals surface area contributed by atoms with Crippen LogP contribution in [0.3, 0.4) is 0 Å². The van der Waals surface area contributed by atoms with Gasteiger partial charge in [-0.2, -0.15) is 0 Å². The number of quaternary nitrogens is 1. The van der Waals surface area contributed by atoms with Crippen LogP contribution in [0.15, 0.2) is 0 Å². The van der Waals surface area contributed by atoms with Crippen molar-refractivity contribution in [2.24, 2.45) is 0 Å². The highest BCUT2D eigenvalue weighted by atomic mass is 32.1. The number of nitrogens with zero attached hydrogens (tertiary/aromatic N) is 2. The quantitative estimate of drug-likeness (QED) is 0.625. The van der Waals surface area contributed by atoms with Crippen LogP contribution < -0.4 is 15.5 Å². The second-order valence-corrected chi connectivity index (χ2v) is 8.06. The van der Waals surface area contributed by atoms with Gasteiger partial charge in [0.2, 0.25) is 5.91 Å². The topological polar surface area (TPSA) is 80.6 Å². The second kappa shape index (κ2) is 7.85. The van der Waals surface area contributed by atoms with Crippen LogP contribution in [-0.4, -0.2) is 55.3 Å². The van der Waals surface area contributed by atoms with E-state index in [1.54, 1.807) is 0 Å². The zero-order valence-corrected chi connectivity index (χ0v) is 16.0. The van der Waals surface area contributed by atoms with Crippen molar-refractivity contribution >= 4 is 33.3 Å². The second-order valence-electron chi connectivity index (χ2n) is 6.97. The molecule has 3 N–H and O–H groups in total. The van der Waals surface area contributed by atoms with Gasteiger partial charge in [0.15, 0.2) is 5.82 Å². The maximum absolute atomic E-state index is 11.1. The summed E-state index contributed by atoms with van der Waals surface area (Å²) in [7, 11) is 0. The molecule has 140 valence electrons. The molecule has 1 amide bonds. The maximum atomic E-state index is 11.1. The monoisotopic (exact) mass is 376 g/mol. The number of carbonyl (C=O) groups is 1. The molecule has 0 aromatic carbocycles. The van der Waals surface area contributed by atoms with Crippen LogP contribution in [0.1, 0.15) is 29.6 Å². The van der Waals surface area contributed by atoms with Gasteiger partial charge in [0, 0.05) is 24.9 Å². The van der Waals surface area contributed by atoms with Gasteiger partial charge in [0.05, 0.1) is 18.6 Å². The molecule has 0 saturated carbocycles. The van der Waals surface area contributed by atoms with E-state index in [-0.39, 0.29) is 5.91 Å². The van der Waals surface area contributed by atoms with Gasteiger partial charge in [-0.1, -0.05) is 0 Å². The molecule has 2 aromatic heterocycles. The molecule has 0 unspecified atom stereocenters. The summed E-state index contributed by atoms with van der Waals surface area (Å²) < 4.78 is 5.45. The minimum Gasteiger partial charge on any atom is -0.370 e. The van der Waals surface area contributed by atoms with Crippen LogP contribution in [0.5, 0.6) is 0 Å². The number of hydrogen-bond donors (Lipinski definition) is 3. The van der Waals surface area contributed by atoms with E-state index in [2.05, 4.69) is 10.6 Å². The van der Waals surface area contributed by atoms with Gasteiger partial charge in [0.25, 0.3) is 0 Å². The standard InChI is InChI=1S/C18H25N5O2S/c1-12(24)19-5-6-20-17-16-13-3-2-4-14(13)26-18(16)22-15(21-17)11-23-7-9-25-10-8-23/h2-11H2,1H3,(H,19,24)(H,20,21,22)/p+1. The van der Waals surface area contributed by atoms with Gasteiger partial charge < -0.3 is 20.3 Å². The Hall–Kier alpha value is -1.77. The zero-order valence-electron chi connectivity index (χ0n) is 15.2. The van der Waals surface area contributed by atoms with Crippen LogP contribution >= 0.6 is 11.3 Å². The van der Waals surface area contributed by atoms with Gasteiger partial charge >= 0.3 is 0 Å². The van der Waals surface area contributed by atoms with Crippen LogP contribution in [0.25, 0.3) is 10.2 Å². The van der Waals surface area contributed by atoms with E-state index in [0.29, 0.717) is 13.1 Å². The Bertz CT molecular complexity index is 800. The number of amides is 1. The number of rotatable bonds is 6. The van der Waals surface area contributed by atoms with Crippen molar-refractivity contribution in [1.29, 1.82) is 0 Å². The van der Waals surface area contributed by atoms with Crippen molar-refractivity contribution in [3.8, 4) is 0 Å². The first-order valence-corrected chi connectivity index (χ1v) is 10.2. The molecule has 8 heteroatoms. The maximum Gasteiger partial charge on any atom is 0.216 e. The Kier molecular flexibility index (Phi) is 5.33. The molecule has 3 heterocycles. The summed E-state index contributed by atoms with van der Waals surface area (Å²) in [6, 6.07) is 0. The predicted octanol–water partition coefficient (Wildman–Crippen LogP) is 0.143. The van der Waals surface area contributed by atoms with Gasteiger partial charge in [-0.3, -0.25) is 4.79 Å². The van der Waals surface area contributed by atoms with E-state index in [1.165, 1.54) is 34.1 Å². The Morgan fingerprint density at radius 3 is 2.88 bits per heavy atom. The number of anilines is 1. The lowest BCUT2D eigenvalue weighted by Gasteiger charge is -2.23. The van der Waals surface area contributed by atoms with Crippen molar-refractivity contribution in [1.82, 2.24) is 15.3 Å². The number of aromatic nitrogens is 2. The summed E-state index contributed by atoms with van der Waals surface area (Å²) in [5.74, 6) is 1.83. The molecule has 2 aromatic rings. The fraction of sp³-hybridized carbons (Fsp3) is 0.611. The fourth-order valence-corrected chi connectivity index (χ4v) is 5.01. The number of ether oxygens (including phenoxy) is 1. The summed E-state index contributed by atoms with van der Waals surface area (Å²) in [5, 5.41) is 7.47.